The lowest BCUT2D eigenvalue weighted by atomic mass is 10.1. The fourth-order valence-corrected chi connectivity index (χ4v) is 6.24. The second-order valence-electron chi connectivity index (χ2n) is 11.0. The van der Waals surface area contributed by atoms with E-state index in [1.165, 1.54) is 4.88 Å². The van der Waals surface area contributed by atoms with E-state index >= 15 is 0 Å². The predicted molar refractivity (Wildman–Crippen MR) is 170 cm³/mol. The van der Waals surface area contributed by atoms with Gasteiger partial charge in [0, 0.05) is 69.7 Å². The second-order valence-corrected chi connectivity index (χ2v) is 12.1. The molecule has 2 fully saturated rings. The average Bonchev–Trinajstić information content (AvgIpc) is 3.48. The lowest BCUT2D eigenvalue weighted by molar-refractivity contribution is -0.00211. The van der Waals surface area contributed by atoms with E-state index in [1.807, 2.05) is 24.3 Å². The number of aromatic nitrogens is 1. The second kappa shape index (κ2) is 16.0. The molecule has 0 amide bonds. The summed E-state index contributed by atoms with van der Waals surface area (Å²) in [6.45, 7) is 12.0. The van der Waals surface area contributed by atoms with Crippen LogP contribution in [0, 0.1) is 11.3 Å². The predicted octanol–water partition coefficient (Wildman–Crippen LogP) is 5.26. The number of hydrogen-bond donors (Lipinski definition) is 0. The van der Waals surface area contributed by atoms with Gasteiger partial charge in [0.1, 0.15) is 11.5 Å². The van der Waals surface area contributed by atoms with Crippen LogP contribution in [0.25, 0.3) is 11.3 Å². The molecule has 5 rings (SSSR count). The maximum absolute atomic E-state index is 9.09. The first-order valence-corrected chi connectivity index (χ1v) is 16.2. The topological polar surface area (TPSA) is 83.3 Å². The number of nitrogens with zero attached hydrogens (tertiary/aromatic N) is 5. The average molecular weight is 606 g/mol. The summed E-state index contributed by atoms with van der Waals surface area (Å²) in [6.07, 6.45) is 2.40. The van der Waals surface area contributed by atoms with E-state index in [1.54, 1.807) is 23.5 Å². The molecule has 0 spiro atoms. The van der Waals surface area contributed by atoms with E-state index < -0.39 is 6.29 Å². The highest BCUT2D eigenvalue weighted by Gasteiger charge is 2.21. The Labute approximate surface area is 259 Å². The fourth-order valence-electron chi connectivity index (χ4n) is 5.13. The van der Waals surface area contributed by atoms with Crippen LogP contribution in [-0.4, -0.2) is 93.8 Å². The molecule has 2 aromatic carbocycles. The van der Waals surface area contributed by atoms with Gasteiger partial charge >= 0.3 is 0 Å². The summed E-state index contributed by atoms with van der Waals surface area (Å²) in [7, 11) is 2.14. The van der Waals surface area contributed by atoms with E-state index in [9.17, 15) is 0 Å². The number of nitriles is 1. The van der Waals surface area contributed by atoms with Gasteiger partial charge in [0.2, 0.25) is 6.29 Å². The van der Waals surface area contributed by atoms with E-state index in [0.29, 0.717) is 11.3 Å². The number of unbranched alkanes of at least 4 members (excludes halogenated alkanes) is 1. The maximum Gasteiger partial charge on any atom is 0.241 e. The first-order chi connectivity index (χ1) is 21.1. The standard InChI is InChI=1S/C33H43N5O4S/c1-3-4-5-31(41-28-10-6-26(24-34)7-11-28)42-29-12-8-27(9-13-29)32-30(25-38-18-22-40-23-19-38)43-33(35-32)36(2)14-15-37-16-20-39-21-17-37/h6-13,31H,3-5,14-23,25H2,1-2H3. The van der Waals surface area contributed by atoms with Crippen molar-refractivity contribution in [3.8, 4) is 28.8 Å². The van der Waals surface area contributed by atoms with Crippen LogP contribution in [0.5, 0.6) is 11.5 Å². The normalized spacial score (nSPS) is 16.9. The zero-order valence-corrected chi connectivity index (χ0v) is 26.2. The number of likely N-dealkylation sites (N-methyl/N-ethyl adjacent to an activating group) is 1. The molecule has 230 valence electrons. The van der Waals surface area contributed by atoms with E-state index in [2.05, 4.69) is 46.9 Å². The number of hydrogen-bond acceptors (Lipinski definition) is 10. The summed E-state index contributed by atoms with van der Waals surface area (Å²) in [5, 5.41) is 10.1. The SMILES string of the molecule is CCCCC(Oc1ccc(C#N)cc1)Oc1ccc(-c2nc(N(C)CCN3CCOCC3)sc2CN2CCOCC2)cc1. The molecular weight excluding hydrogens is 562 g/mol. The monoisotopic (exact) mass is 605 g/mol. The molecule has 2 saturated heterocycles. The Hall–Kier alpha value is -3.20. The molecule has 3 heterocycles. The van der Waals surface area contributed by atoms with Gasteiger partial charge in [-0.3, -0.25) is 9.80 Å². The maximum atomic E-state index is 9.09. The Balaban J connectivity index is 1.29. The number of thiazole rings is 1. The molecule has 2 aliphatic heterocycles. The highest BCUT2D eigenvalue weighted by Crippen LogP contribution is 2.35. The van der Waals surface area contributed by atoms with Gasteiger partial charge in [-0.05, 0) is 55.0 Å². The third-order valence-corrected chi connectivity index (χ3v) is 8.93. The molecular formula is C33H43N5O4S. The smallest absolute Gasteiger partial charge is 0.241 e. The van der Waals surface area contributed by atoms with Crippen molar-refractivity contribution in [3.05, 3.63) is 59.0 Å². The Morgan fingerprint density at radius 3 is 2.14 bits per heavy atom. The van der Waals surface area contributed by atoms with Gasteiger partial charge in [0.15, 0.2) is 5.13 Å². The molecule has 0 radical (unpaired) electrons. The molecule has 9 nitrogen and oxygen atoms in total. The summed E-state index contributed by atoms with van der Waals surface area (Å²) in [4.78, 5) is 13.6. The lowest BCUT2D eigenvalue weighted by Gasteiger charge is -2.28. The summed E-state index contributed by atoms with van der Waals surface area (Å²) >= 11 is 1.79. The lowest BCUT2D eigenvalue weighted by Crippen LogP contribution is -2.40. The summed E-state index contributed by atoms with van der Waals surface area (Å²) < 4.78 is 23.6. The van der Waals surface area contributed by atoms with Crippen molar-refractivity contribution in [1.29, 1.82) is 5.26 Å². The first kappa shape index (κ1) is 31.2. The Morgan fingerprint density at radius 1 is 0.930 bits per heavy atom. The molecule has 0 N–H and O–H groups in total. The molecule has 1 unspecified atom stereocenters. The zero-order chi connectivity index (χ0) is 29.9. The highest BCUT2D eigenvalue weighted by atomic mass is 32.1. The van der Waals surface area contributed by atoms with Crippen LogP contribution >= 0.6 is 11.3 Å². The molecule has 0 saturated carbocycles. The summed E-state index contributed by atoms with van der Waals surface area (Å²) in [5.74, 6) is 1.45. The van der Waals surface area contributed by atoms with Gasteiger partial charge in [-0.2, -0.15) is 5.26 Å². The van der Waals surface area contributed by atoms with Gasteiger partial charge < -0.3 is 23.8 Å². The minimum Gasteiger partial charge on any atom is -0.455 e. The molecule has 0 aliphatic carbocycles. The number of anilines is 1. The van der Waals surface area contributed by atoms with Crippen molar-refractivity contribution >= 4 is 16.5 Å². The van der Waals surface area contributed by atoms with Crippen molar-refractivity contribution < 1.29 is 18.9 Å². The highest BCUT2D eigenvalue weighted by molar-refractivity contribution is 7.16. The van der Waals surface area contributed by atoms with Crippen molar-refractivity contribution in [3.63, 3.8) is 0 Å². The van der Waals surface area contributed by atoms with Crippen LogP contribution < -0.4 is 14.4 Å². The molecule has 10 heteroatoms. The van der Waals surface area contributed by atoms with E-state index in [4.69, 9.17) is 29.2 Å². The molecule has 43 heavy (non-hydrogen) atoms. The number of morpholine rings is 2. The van der Waals surface area contributed by atoms with Crippen LogP contribution in [0.2, 0.25) is 0 Å². The molecule has 3 aromatic rings. The van der Waals surface area contributed by atoms with Crippen LogP contribution in [0.1, 0.15) is 36.6 Å². The van der Waals surface area contributed by atoms with Crippen LogP contribution in [0.15, 0.2) is 48.5 Å². The Bertz CT molecular complexity index is 1300. The summed E-state index contributed by atoms with van der Waals surface area (Å²) in [6, 6.07) is 17.5. The first-order valence-electron chi connectivity index (χ1n) is 15.4. The Kier molecular flexibility index (Phi) is 11.6. The van der Waals surface area contributed by atoms with Crippen LogP contribution in [-0.2, 0) is 16.0 Å². The van der Waals surface area contributed by atoms with Crippen molar-refractivity contribution in [2.24, 2.45) is 0 Å². The van der Waals surface area contributed by atoms with Crippen LogP contribution in [0.4, 0.5) is 5.13 Å². The molecule has 1 aromatic heterocycles. The molecule has 1 atom stereocenters. The van der Waals surface area contributed by atoms with Gasteiger partial charge in [0.05, 0.1) is 43.8 Å². The largest absolute Gasteiger partial charge is 0.455 e. The van der Waals surface area contributed by atoms with Crippen molar-refractivity contribution in [2.75, 3.05) is 77.6 Å². The van der Waals surface area contributed by atoms with Crippen molar-refractivity contribution in [1.82, 2.24) is 14.8 Å². The minimum absolute atomic E-state index is 0.415. The fraction of sp³-hybridized carbons (Fsp3) is 0.515. The quantitative estimate of drug-likeness (QED) is 0.229. The number of ether oxygens (including phenoxy) is 4. The van der Waals surface area contributed by atoms with E-state index in [-0.39, 0.29) is 0 Å². The van der Waals surface area contributed by atoms with Gasteiger partial charge in [0.25, 0.3) is 0 Å². The van der Waals surface area contributed by atoms with E-state index in [0.717, 1.165) is 114 Å². The molecule has 0 bridgehead atoms. The Morgan fingerprint density at radius 2 is 1.53 bits per heavy atom. The third kappa shape index (κ3) is 9.15. The van der Waals surface area contributed by atoms with Gasteiger partial charge in [-0.15, -0.1) is 0 Å². The van der Waals surface area contributed by atoms with Gasteiger partial charge in [-0.25, -0.2) is 4.98 Å². The number of benzene rings is 2. The number of rotatable bonds is 14. The van der Waals surface area contributed by atoms with Crippen LogP contribution in [0.3, 0.4) is 0 Å². The summed E-state index contributed by atoms with van der Waals surface area (Å²) in [5.41, 5.74) is 2.72. The van der Waals surface area contributed by atoms with Gasteiger partial charge in [-0.1, -0.05) is 24.7 Å². The third-order valence-electron chi connectivity index (χ3n) is 7.78. The van der Waals surface area contributed by atoms with Crippen molar-refractivity contribution in [2.45, 2.75) is 39.0 Å². The molecule has 2 aliphatic rings. The minimum atomic E-state index is -0.415. The zero-order valence-electron chi connectivity index (χ0n) is 25.4.